The summed E-state index contributed by atoms with van der Waals surface area (Å²) >= 11 is 0. The highest BCUT2D eigenvalue weighted by atomic mass is 15.1. The summed E-state index contributed by atoms with van der Waals surface area (Å²) in [7, 11) is 0. The van der Waals surface area contributed by atoms with Gasteiger partial charge in [-0.3, -0.25) is 0 Å². The zero-order valence-corrected chi connectivity index (χ0v) is 35.3. The molecule has 0 atom stereocenters. The van der Waals surface area contributed by atoms with Crippen LogP contribution in [0.1, 0.15) is 11.1 Å². The van der Waals surface area contributed by atoms with Gasteiger partial charge < -0.3 is 9.13 Å². The summed E-state index contributed by atoms with van der Waals surface area (Å²) in [6.07, 6.45) is 0. The molecule has 0 unspecified atom stereocenters. The predicted molar refractivity (Wildman–Crippen MR) is 265 cm³/mol. The fraction of sp³-hybridized carbons (Fsp3) is 0. The molecule has 3 aromatic heterocycles. The molecule has 0 saturated carbocycles. The molecule has 0 amide bonds. The van der Waals surface area contributed by atoms with Gasteiger partial charge in [0, 0.05) is 38.2 Å². The zero-order chi connectivity index (χ0) is 44.1. The van der Waals surface area contributed by atoms with Crippen molar-refractivity contribution in [2.75, 3.05) is 0 Å². The van der Waals surface area contributed by atoms with Crippen molar-refractivity contribution in [1.82, 2.24) is 24.1 Å². The van der Waals surface area contributed by atoms with Gasteiger partial charge in [-0.2, -0.15) is 10.5 Å². The molecule has 7 heteroatoms. The van der Waals surface area contributed by atoms with E-state index in [9.17, 15) is 10.5 Å². The van der Waals surface area contributed by atoms with Crippen LogP contribution in [0.5, 0.6) is 0 Å². The van der Waals surface area contributed by atoms with Crippen LogP contribution in [0.2, 0.25) is 0 Å². The molecule has 0 aliphatic heterocycles. The number of benzene rings is 9. The Balaban J connectivity index is 1.23. The quantitative estimate of drug-likeness (QED) is 0.159. The normalized spacial score (nSPS) is 11.3. The first-order valence-corrected chi connectivity index (χ1v) is 21.7. The van der Waals surface area contributed by atoms with E-state index >= 15 is 0 Å². The summed E-state index contributed by atoms with van der Waals surface area (Å²) in [6.45, 7) is 0. The molecule has 0 bridgehead atoms. The minimum absolute atomic E-state index is 0.283. The smallest absolute Gasteiger partial charge is 0.165 e. The second-order valence-electron chi connectivity index (χ2n) is 16.2. The number of hydrogen-bond acceptors (Lipinski definition) is 5. The molecule has 7 nitrogen and oxygen atoms in total. The Hall–Kier alpha value is -9.43. The van der Waals surface area contributed by atoms with Crippen LogP contribution in [-0.4, -0.2) is 24.1 Å². The summed E-state index contributed by atoms with van der Waals surface area (Å²) in [4.78, 5) is 15.2. The van der Waals surface area contributed by atoms with Gasteiger partial charge in [-0.15, -0.1) is 0 Å². The maximum atomic E-state index is 11.8. The van der Waals surface area contributed by atoms with Crippen molar-refractivity contribution in [3.05, 3.63) is 223 Å². The Bertz CT molecular complexity index is 3880. The summed E-state index contributed by atoms with van der Waals surface area (Å²) in [5.74, 6) is 1.19. The minimum Gasteiger partial charge on any atom is -0.306 e. The van der Waals surface area contributed by atoms with E-state index in [1.54, 1.807) is 6.07 Å². The molecule has 12 rings (SSSR count). The maximum absolute atomic E-state index is 11.8. The fourth-order valence-electron chi connectivity index (χ4n) is 9.45. The van der Waals surface area contributed by atoms with Crippen molar-refractivity contribution < 1.29 is 0 Å². The van der Waals surface area contributed by atoms with Crippen LogP contribution in [0.4, 0.5) is 0 Å². The highest BCUT2D eigenvalue weighted by Crippen LogP contribution is 2.44. The Morgan fingerprint density at radius 2 is 0.712 bits per heavy atom. The summed E-state index contributed by atoms with van der Waals surface area (Å²) < 4.78 is 4.32. The number of nitrogens with zero attached hydrogens (tertiary/aromatic N) is 7. The SMILES string of the molecule is N#Cc1cc(-c2nc(-c3ccccc3)nc(-c3ccccc3)n2)c(C#N)c(-n2c3ccccc3c3cc(-c4ccccc4)ccc32)c1-n1c2ccccc2c2cc(-c3ccccc3)ccc21. The third kappa shape index (κ3) is 6.23. The molecular formula is C59H35N7. The lowest BCUT2D eigenvalue weighted by Crippen LogP contribution is -2.11. The molecule has 0 spiro atoms. The van der Waals surface area contributed by atoms with Gasteiger partial charge in [-0.05, 0) is 64.7 Å². The van der Waals surface area contributed by atoms with Crippen LogP contribution in [0.15, 0.2) is 212 Å². The second-order valence-corrected chi connectivity index (χ2v) is 16.2. The monoisotopic (exact) mass is 841 g/mol. The molecular weight excluding hydrogens is 807 g/mol. The number of para-hydroxylation sites is 2. The van der Waals surface area contributed by atoms with Crippen molar-refractivity contribution in [1.29, 1.82) is 10.5 Å². The first-order chi connectivity index (χ1) is 32.7. The van der Waals surface area contributed by atoms with Gasteiger partial charge in [0.25, 0.3) is 0 Å². The molecule has 12 aromatic rings. The van der Waals surface area contributed by atoms with Crippen LogP contribution >= 0.6 is 0 Å². The van der Waals surface area contributed by atoms with Crippen molar-refractivity contribution >= 4 is 43.6 Å². The first-order valence-electron chi connectivity index (χ1n) is 21.7. The summed E-state index contributed by atoms with van der Waals surface area (Å²) in [5.41, 5.74) is 11.7. The molecule has 9 aromatic carbocycles. The van der Waals surface area contributed by atoms with Gasteiger partial charge in [0.15, 0.2) is 17.5 Å². The molecule has 66 heavy (non-hydrogen) atoms. The highest BCUT2D eigenvalue weighted by molar-refractivity contribution is 6.13. The van der Waals surface area contributed by atoms with Crippen molar-refractivity contribution in [3.8, 4) is 79.9 Å². The Kier molecular flexibility index (Phi) is 9.12. The highest BCUT2D eigenvalue weighted by Gasteiger charge is 2.29. The molecule has 0 fully saturated rings. The van der Waals surface area contributed by atoms with E-state index in [-0.39, 0.29) is 5.82 Å². The number of aromatic nitrogens is 5. The first kappa shape index (κ1) is 38.3. The van der Waals surface area contributed by atoms with Gasteiger partial charge in [0.1, 0.15) is 12.1 Å². The molecule has 0 aliphatic rings. The number of hydrogen-bond donors (Lipinski definition) is 0. The van der Waals surface area contributed by atoms with Crippen molar-refractivity contribution in [2.24, 2.45) is 0 Å². The van der Waals surface area contributed by atoms with Crippen LogP contribution < -0.4 is 0 Å². The largest absolute Gasteiger partial charge is 0.306 e. The van der Waals surface area contributed by atoms with E-state index in [1.807, 2.05) is 121 Å². The van der Waals surface area contributed by atoms with Crippen molar-refractivity contribution in [2.45, 2.75) is 0 Å². The standard InChI is InChI=1S/C59H35N7/c60-36-44-35-49(59-63-57(40-21-9-3-10-22-40)62-58(64-59)41-23-11-4-12-24-41)50(37-61)56(66-52-28-16-14-26-46(52)48-34-43(30-32-54(48)66)39-19-7-2-8-20-39)55(44)65-51-27-15-13-25-45(51)47-33-42(29-31-53(47)65)38-17-5-1-6-18-38/h1-35H. The van der Waals surface area contributed by atoms with Crippen molar-refractivity contribution in [3.63, 3.8) is 0 Å². The third-order valence-electron chi connectivity index (χ3n) is 12.5. The van der Waals surface area contributed by atoms with E-state index in [4.69, 9.17) is 15.0 Å². The Morgan fingerprint density at radius 3 is 1.17 bits per heavy atom. The third-order valence-corrected chi connectivity index (χ3v) is 12.5. The number of nitriles is 2. The Morgan fingerprint density at radius 1 is 0.318 bits per heavy atom. The average Bonchev–Trinajstić information content (AvgIpc) is 3.90. The molecule has 306 valence electrons. The topological polar surface area (TPSA) is 96.1 Å². The van der Waals surface area contributed by atoms with E-state index in [1.165, 1.54) is 0 Å². The van der Waals surface area contributed by atoms with Gasteiger partial charge in [0.2, 0.25) is 0 Å². The molecule has 3 heterocycles. The molecule has 0 N–H and O–H groups in total. The van der Waals surface area contributed by atoms with Gasteiger partial charge in [0.05, 0.1) is 44.6 Å². The minimum atomic E-state index is 0.283. The lowest BCUT2D eigenvalue weighted by atomic mass is 9.98. The average molecular weight is 842 g/mol. The fourth-order valence-corrected chi connectivity index (χ4v) is 9.45. The number of fused-ring (bicyclic) bond motifs is 6. The van der Waals surface area contributed by atoms with E-state index in [2.05, 4.69) is 106 Å². The van der Waals surface area contributed by atoms with Crippen LogP contribution in [0.3, 0.4) is 0 Å². The Labute approximate surface area is 380 Å². The van der Waals surface area contributed by atoms with Crippen LogP contribution in [0, 0.1) is 22.7 Å². The van der Waals surface area contributed by atoms with E-state index in [0.717, 1.165) is 77.0 Å². The van der Waals surface area contributed by atoms with Gasteiger partial charge in [-0.25, -0.2) is 15.0 Å². The summed E-state index contributed by atoms with van der Waals surface area (Å²) in [5, 5.41) is 27.4. The zero-order valence-electron chi connectivity index (χ0n) is 35.3. The number of rotatable bonds is 7. The second kappa shape index (κ2) is 15.7. The molecule has 0 saturated heterocycles. The lowest BCUT2D eigenvalue weighted by Gasteiger charge is -2.21. The van der Waals surface area contributed by atoms with E-state index in [0.29, 0.717) is 39.7 Å². The molecule has 0 radical (unpaired) electrons. The van der Waals surface area contributed by atoms with Gasteiger partial charge >= 0.3 is 0 Å². The lowest BCUT2D eigenvalue weighted by molar-refractivity contribution is 1.06. The predicted octanol–water partition coefficient (Wildman–Crippen LogP) is 14.1. The molecule has 0 aliphatic carbocycles. The van der Waals surface area contributed by atoms with Crippen LogP contribution in [-0.2, 0) is 0 Å². The van der Waals surface area contributed by atoms with E-state index < -0.39 is 0 Å². The van der Waals surface area contributed by atoms with Crippen LogP contribution in [0.25, 0.3) is 111 Å². The maximum Gasteiger partial charge on any atom is 0.165 e. The summed E-state index contributed by atoms with van der Waals surface area (Å²) in [6, 6.07) is 76.8. The van der Waals surface area contributed by atoms with Gasteiger partial charge in [-0.1, -0.05) is 170 Å².